The van der Waals surface area contributed by atoms with Crippen LogP contribution in [0, 0.1) is 11.6 Å². The fourth-order valence-corrected chi connectivity index (χ4v) is 3.04. The van der Waals surface area contributed by atoms with Crippen LogP contribution in [0.15, 0.2) is 53.1 Å². The van der Waals surface area contributed by atoms with Gasteiger partial charge in [-0.1, -0.05) is 15.9 Å². The number of hydrogen-bond acceptors (Lipinski definition) is 3. The topological polar surface area (TPSA) is 39.1 Å². The third-order valence-electron chi connectivity index (χ3n) is 3.96. The van der Waals surface area contributed by atoms with E-state index in [1.54, 1.807) is 37.6 Å². The fraction of sp³-hybridized carbons (Fsp3) is 0.211. The molecule has 0 fully saturated rings. The zero-order valence-corrected chi connectivity index (χ0v) is 15.8. The number of hydrogen-bond donors (Lipinski definition) is 1. The Kier molecular flexibility index (Phi) is 6.00. The van der Waals surface area contributed by atoms with Crippen molar-refractivity contribution in [2.24, 2.45) is 0 Å². The van der Waals surface area contributed by atoms with Crippen molar-refractivity contribution in [3.63, 3.8) is 0 Å². The Labute approximate surface area is 159 Å². The van der Waals surface area contributed by atoms with E-state index in [0.717, 1.165) is 15.7 Å². The summed E-state index contributed by atoms with van der Waals surface area (Å²) in [5, 5.41) is 3.17. The molecule has 4 nitrogen and oxygen atoms in total. The van der Waals surface area contributed by atoms with E-state index in [4.69, 9.17) is 4.74 Å². The zero-order chi connectivity index (χ0) is 18.5. The van der Waals surface area contributed by atoms with Crippen molar-refractivity contribution in [1.29, 1.82) is 0 Å². The van der Waals surface area contributed by atoms with E-state index in [1.807, 2.05) is 4.57 Å². The average Bonchev–Trinajstić information content (AvgIpc) is 3.04. The molecule has 0 atom stereocenters. The summed E-state index contributed by atoms with van der Waals surface area (Å²) in [6.07, 6.45) is 1.71. The van der Waals surface area contributed by atoms with Crippen LogP contribution in [0.4, 0.5) is 14.7 Å². The Morgan fingerprint density at radius 1 is 1.15 bits per heavy atom. The third kappa shape index (κ3) is 4.28. The van der Waals surface area contributed by atoms with Crippen LogP contribution in [0.1, 0.15) is 5.56 Å². The second-order valence-electron chi connectivity index (χ2n) is 5.71. The second kappa shape index (κ2) is 8.42. The van der Waals surface area contributed by atoms with Gasteiger partial charge in [-0.2, -0.15) is 0 Å². The summed E-state index contributed by atoms with van der Waals surface area (Å²) in [7, 11) is 1.62. The molecule has 0 aliphatic carbocycles. The first-order valence-corrected chi connectivity index (χ1v) is 8.86. The SMILES string of the molecule is COCCn1c(-c2ccc(F)cc2)cnc1NCc1cc(Br)ccc1F. The van der Waals surface area contributed by atoms with E-state index in [9.17, 15) is 8.78 Å². The van der Waals surface area contributed by atoms with E-state index in [2.05, 4.69) is 26.2 Å². The molecule has 0 spiro atoms. The number of rotatable bonds is 7. The van der Waals surface area contributed by atoms with Gasteiger partial charge >= 0.3 is 0 Å². The van der Waals surface area contributed by atoms with E-state index in [-0.39, 0.29) is 18.2 Å². The van der Waals surface area contributed by atoms with Gasteiger partial charge in [-0.05, 0) is 42.5 Å². The van der Waals surface area contributed by atoms with E-state index in [1.165, 1.54) is 18.2 Å². The van der Waals surface area contributed by atoms with Gasteiger partial charge in [0.15, 0.2) is 0 Å². The van der Waals surface area contributed by atoms with Crippen molar-refractivity contribution in [3.8, 4) is 11.3 Å². The van der Waals surface area contributed by atoms with Crippen LogP contribution in [-0.2, 0) is 17.8 Å². The van der Waals surface area contributed by atoms with Crippen LogP contribution in [0.3, 0.4) is 0 Å². The Morgan fingerprint density at radius 2 is 1.92 bits per heavy atom. The van der Waals surface area contributed by atoms with E-state index < -0.39 is 0 Å². The highest BCUT2D eigenvalue weighted by molar-refractivity contribution is 9.10. The van der Waals surface area contributed by atoms with Crippen molar-refractivity contribution in [2.45, 2.75) is 13.1 Å². The lowest BCUT2D eigenvalue weighted by molar-refractivity contribution is 0.188. The van der Waals surface area contributed by atoms with Gasteiger partial charge in [-0.15, -0.1) is 0 Å². The average molecular weight is 422 g/mol. The van der Waals surface area contributed by atoms with Gasteiger partial charge in [-0.3, -0.25) is 0 Å². The first-order valence-electron chi connectivity index (χ1n) is 8.06. The summed E-state index contributed by atoms with van der Waals surface area (Å²) in [6.45, 7) is 1.34. The maximum absolute atomic E-state index is 13.9. The molecule has 0 bridgehead atoms. The molecule has 0 saturated heterocycles. The minimum atomic E-state index is -0.291. The lowest BCUT2D eigenvalue weighted by Gasteiger charge is -2.13. The molecule has 1 N–H and O–H groups in total. The van der Waals surface area contributed by atoms with Crippen LogP contribution in [-0.4, -0.2) is 23.3 Å². The highest BCUT2D eigenvalue weighted by atomic mass is 79.9. The Morgan fingerprint density at radius 3 is 2.65 bits per heavy atom. The van der Waals surface area contributed by atoms with Crippen LogP contribution in [0.2, 0.25) is 0 Å². The molecular formula is C19H18BrF2N3O. The minimum Gasteiger partial charge on any atom is -0.383 e. The largest absolute Gasteiger partial charge is 0.383 e. The van der Waals surface area contributed by atoms with Crippen molar-refractivity contribution >= 4 is 21.9 Å². The fourth-order valence-electron chi connectivity index (χ4n) is 2.63. The van der Waals surface area contributed by atoms with Crippen molar-refractivity contribution in [2.75, 3.05) is 19.0 Å². The maximum atomic E-state index is 13.9. The lowest BCUT2D eigenvalue weighted by atomic mass is 10.1. The van der Waals surface area contributed by atoms with E-state index in [0.29, 0.717) is 24.7 Å². The zero-order valence-electron chi connectivity index (χ0n) is 14.2. The number of ether oxygens (including phenoxy) is 1. The summed E-state index contributed by atoms with van der Waals surface area (Å²) in [5.74, 6) is 0.0235. The molecule has 0 amide bonds. The molecule has 0 saturated carbocycles. The van der Waals surface area contributed by atoms with Gasteiger partial charge in [0.1, 0.15) is 11.6 Å². The first-order chi connectivity index (χ1) is 12.6. The first kappa shape index (κ1) is 18.5. The van der Waals surface area contributed by atoms with Gasteiger partial charge in [0, 0.05) is 35.8 Å². The van der Waals surface area contributed by atoms with Gasteiger partial charge in [-0.25, -0.2) is 13.8 Å². The number of methoxy groups -OCH3 is 1. The highest BCUT2D eigenvalue weighted by Crippen LogP contribution is 2.24. The number of benzene rings is 2. The molecule has 0 aliphatic rings. The van der Waals surface area contributed by atoms with Crippen molar-refractivity contribution in [3.05, 3.63) is 70.3 Å². The molecule has 1 aromatic heterocycles. The van der Waals surface area contributed by atoms with Gasteiger partial charge in [0.25, 0.3) is 0 Å². The summed E-state index contributed by atoms with van der Waals surface area (Å²) >= 11 is 3.35. The van der Waals surface area contributed by atoms with Gasteiger partial charge < -0.3 is 14.6 Å². The van der Waals surface area contributed by atoms with Crippen LogP contribution < -0.4 is 5.32 Å². The molecule has 0 unspecified atom stereocenters. The van der Waals surface area contributed by atoms with Gasteiger partial charge in [0.05, 0.1) is 18.5 Å². The van der Waals surface area contributed by atoms with Crippen molar-refractivity contribution < 1.29 is 13.5 Å². The van der Waals surface area contributed by atoms with Crippen LogP contribution in [0.25, 0.3) is 11.3 Å². The normalized spacial score (nSPS) is 10.9. The molecule has 26 heavy (non-hydrogen) atoms. The Balaban J connectivity index is 1.86. The molecule has 0 radical (unpaired) electrons. The monoisotopic (exact) mass is 421 g/mol. The summed E-state index contributed by atoms with van der Waals surface area (Å²) < 4.78 is 35.1. The smallest absolute Gasteiger partial charge is 0.203 e. The highest BCUT2D eigenvalue weighted by Gasteiger charge is 2.12. The van der Waals surface area contributed by atoms with Gasteiger partial charge in [0.2, 0.25) is 5.95 Å². The number of nitrogens with zero attached hydrogens (tertiary/aromatic N) is 2. The molecule has 3 rings (SSSR count). The molecule has 3 aromatic rings. The number of anilines is 1. The number of halogens is 3. The Hall–Kier alpha value is -2.25. The maximum Gasteiger partial charge on any atom is 0.203 e. The summed E-state index contributed by atoms with van der Waals surface area (Å²) in [6, 6.07) is 11.0. The summed E-state index contributed by atoms with van der Waals surface area (Å²) in [4.78, 5) is 4.40. The lowest BCUT2D eigenvalue weighted by Crippen LogP contribution is -2.12. The summed E-state index contributed by atoms with van der Waals surface area (Å²) in [5.41, 5.74) is 2.21. The second-order valence-corrected chi connectivity index (χ2v) is 6.62. The number of imidazole rings is 1. The van der Waals surface area contributed by atoms with Crippen LogP contribution >= 0.6 is 15.9 Å². The molecule has 7 heteroatoms. The number of aromatic nitrogens is 2. The van der Waals surface area contributed by atoms with E-state index >= 15 is 0 Å². The minimum absolute atomic E-state index is 0.283. The standard InChI is InChI=1S/C19H18BrF2N3O/c1-26-9-8-25-18(13-2-5-16(21)6-3-13)12-24-19(25)23-11-14-10-15(20)4-7-17(14)22/h2-7,10,12H,8-9,11H2,1H3,(H,23,24). The molecule has 0 aliphatic heterocycles. The van der Waals surface area contributed by atoms with Crippen molar-refractivity contribution in [1.82, 2.24) is 9.55 Å². The number of nitrogens with one attached hydrogen (secondary N) is 1. The quantitative estimate of drug-likeness (QED) is 0.592. The molecule has 136 valence electrons. The van der Waals surface area contributed by atoms with Crippen LogP contribution in [0.5, 0.6) is 0 Å². The molecular weight excluding hydrogens is 404 g/mol. The molecule has 2 aromatic carbocycles. The molecule has 1 heterocycles. The Bertz CT molecular complexity index is 881. The predicted molar refractivity (Wildman–Crippen MR) is 101 cm³/mol. The third-order valence-corrected chi connectivity index (χ3v) is 4.45. The predicted octanol–water partition coefficient (Wildman–Crippen LogP) is 4.85.